The van der Waals surface area contributed by atoms with Crippen LogP contribution in [0.15, 0.2) is 24.5 Å². The number of carbonyl (C=O) groups excluding carboxylic acids is 1. The number of aryl methyl sites for hydroxylation is 1. The zero-order valence-corrected chi connectivity index (χ0v) is 12.5. The molecule has 2 aliphatic heterocycles. The lowest BCUT2D eigenvalue weighted by Gasteiger charge is -2.33. The van der Waals surface area contributed by atoms with E-state index in [1.165, 1.54) is 6.42 Å². The van der Waals surface area contributed by atoms with Gasteiger partial charge in [-0.15, -0.1) is 0 Å². The topological polar surface area (TPSA) is 62.2 Å². The molecule has 6 nitrogen and oxygen atoms in total. The Morgan fingerprint density at radius 2 is 2.09 bits per heavy atom. The summed E-state index contributed by atoms with van der Waals surface area (Å²) in [5.74, 6) is 1.78. The Bertz CT molecular complexity index is 727. The van der Waals surface area contributed by atoms with Crippen LogP contribution in [-0.2, 0) is 13.1 Å². The molecule has 0 unspecified atom stereocenters. The molecule has 1 fully saturated rings. The molecule has 4 heterocycles. The number of hydrogen-bond donors (Lipinski definition) is 0. The van der Waals surface area contributed by atoms with Gasteiger partial charge in [-0.1, -0.05) is 0 Å². The summed E-state index contributed by atoms with van der Waals surface area (Å²) in [6, 6.07) is 3.58. The van der Waals surface area contributed by atoms with Gasteiger partial charge in [0.1, 0.15) is 11.6 Å². The number of rotatable bonds is 2. The quantitative estimate of drug-likeness (QED) is 0.841. The van der Waals surface area contributed by atoms with E-state index in [9.17, 15) is 4.79 Å². The Morgan fingerprint density at radius 1 is 1.23 bits per heavy atom. The SMILES string of the molecule is Cc1nc2c(c(N3CCC3)n1)CN(C(=O)c1cccnc1)C2. The molecule has 112 valence electrons. The van der Waals surface area contributed by atoms with Gasteiger partial charge < -0.3 is 9.80 Å². The van der Waals surface area contributed by atoms with Gasteiger partial charge in [-0.05, 0) is 25.5 Å². The summed E-state index contributed by atoms with van der Waals surface area (Å²) in [5, 5.41) is 0. The number of anilines is 1. The maximum atomic E-state index is 12.6. The highest BCUT2D eigenvalue weighted by atomic mass is 16.2. The highest BCUT2D eigenvalue weighted by Gasteiger charge is 2.31. The second-order valence-corrected chi connectivity index (χ2v) is 5.76. The van der Waals surface area contributed by atoms with Crippen LogP contribution >= 0.6 is 0 Å². The van der Waals surface area contributed by atoms with Gasteiger partial charge in [0.15, 0.2) is 0 Å². The molecule has 2 aromatic rings. The molecule has 0 saturated carbocycles. The van der Waals surface area contributed by atoms with E-state index < -0.39 is 0 Å². The summed E-state index contributed by atoms with van der Waals surface area (Å²) < 4.78 is 0. The molecule has 6 heteroatoms. The zero-order valence-electron chi connectivity index (χ0n) is 12.5. The second-order valence-electron chi connectivity index (χ2n) is 5.76. The molecule has 1 amide bonds. The molecular weight excluding hydrogens is 278 g/mol. The number of carbonyl (C=O) groups is 1. The molecule has 0 spiro atoms. The van der Waals surface area contributed by atoms with Gasteiger partial charge in [-0.25, -0.2) is 9.97 Å². The van der Waals surface area contributed by atoms with Crippen LogP contribution in [0.2, 0.25) is 0 Å². The summed E-state index contributed by atoms with van der Waals surface area (Å²) in [6.07, 6.45) is 4.49. The fourth-order valence-electron chi connectivity index (χ4n) is 2.96. The van der Waals surface area contributed by atoms with Crippen molar-refractivity contribution in [3.63, 3.8) is 0 Å². The van der Waals surface area contributed by atoms with Crippen LogP contribution in [0.1, 0.15) is 33.9 Å². The Balaban J connectivity index is 1.64. The van der Waals surface area contributed by atoms with Crippen molar-refractivity contribution < 1.29 is 4.79 Å². The smallest absolute Gasteiger partial charge is 0.256 e. The highest BCUT2D eigenvalue weighted by molar-refractivity contribution is 5.94. The summed E-state index contributed by atoms with van der Waals surface area (Å²) in [5.41, 5.74) is 2.69. The zero-order chi connectivity index (χ0) is 15.1. The Hall–Kier alpha value is -2.50. The molecule has 0 bridgehead atoms. The standard InChI is InChI=1S/C16H17N5O/c1-11-18-14-10-21(16(22)12-4-2-5-17-8-12)9-13(14)15(19-11)20-6-3-7-20/h2,4-5,8H,3,6-7,9-10H2,1H3. The lowest BCUT2D eigenvalue weighted by molar-refractivity contribution is 0.0750. The predicted molar refractivity (Wildman–Crippen MR) is 81.4 cm³/mol. The third kappa shape index (κ3) is 2.11. The van der Waals surface area contributed by atoms with E-state index in [0.29, 0.717) is 18.7 Å². The number of hydrogen-bond acceptors (Lipinski definition) is 5. The van der Waals surface area contributed by atoms with Crippen molar-refractivity contribution in [1.29, 1.82) is 0 Å². The fourth-order valence-corrected chi connectivity index (χ4v) is 2.96. The van der Waals surface area contributed by atoms with Crippen LogP contribution in [0.25, 0.3) is 0 Å². The first-order valence-electron chi connectivity index (χ1n) is 7.53. The largest absolute Gasteiger partial charge is 0.356 e. The Labute approximate surface area is 128 Å². The molecule has 2 aliphatic rings. The molecule has 0 aliphatic carbocycles. The van der Waals surface area contributed by atoms with E-state index in [1.807, 2.05) is 11.8 Å². The van der Waals surface area contributed by atoms with Crippen molar-refractivity contribution in [2.45, 2.75) is 26.4 Å². The fraction of sp³-hybridized carbons (Fsp3) is 0.375. The van der Waals surface area contributed by atoms with Crippen molar-refractivity contribution in [3.8, 4) is 0 Å². The Morgan fingerprint density at radius 3 is 2.77 bits per heavy atom. The van der Waals surface area contributed by atoms with Gasteiger partial charge >= 0.3 is 0 Å². The molecule has 0 atom stereocenters. The maximum absolute atomic E-state index is 12.6. The Kier molecular flexibility index (Phi) is 3.03. The van der Waals surface area contributed by atoms with E-state index in [-0.39, 0.29) is 5.91 Å². The predicted octanol–water partition coefficient (Wildman–Crippen LogP) is 1.55. The molecule has 0 N–H and O–H groups in total. The molecule has 2 aromatic heterocycles. The number of nitrogens with zero attached hydrogens (tertiary/aromatic N) is 5. The van der Waals surface area contributed by atoms with Crippen molar-refractivity contribution in [2.24, 2.45) is 0 Å². The van der Waals surface area contributed by atoms with Crippen LogP contribution in [-0.4, -0.2) is 38.8 Å². The average Bonchev–Trinajstić information content (AvgIpc) is 2.89. The molecule has 0 aromatic carbocycles. The van der Waals surface area contributed by atoms with Gasteiger partial charge in [0.05, 0.1) is 24.3 Å². The molecule has 1 saturated heterocycles. The minimum Gasteiger partial charge on any atom is -0.356 e. The molecule has 22 heavy (non-hydrogen) atoms. The summed E-state index contributed by atoms with van der Waals surface area (Å²) >= 11 is 0. The van der Waals surface area contributed by atoms with Crippen molar-refractivity contribution in [3.05, 3.63) is 47.2 Å². The van der Waals surface area contributed by atoms with Crippen molar-refractivity contribution in [1.82, 2.24) is 19.9 Å². The van der Waals surface area contributed by atoms with E-state index >= 15 is 0 Å². The van der Waals surface area contributed by atoms with Crippen LogP contribution in [0.4, 0.5) is 5.82 Å². The van der Waals surface area contributed by atoms with E-state index in [1.54, 1.807) is 24.5 Å². The minimum absolute atomic E-state index is 0.00156. The molecular formula is C16H17N5O. The minimum atomic E-state index is -0.00156. The average molecular weight is 295 g/mol. The first kappa shape index (κ1) is 13.2. The van der Waals surface area contributed by atoms with E-state index in [0.717, 1.165) is 36.0 Å². The van der Waals surface area contributed by atoms with Crippen LogP contribution < -0.4 is 4.90 Å². The molecule has 4 rings (SSSR count). The first-order valence-corrected chi connectivity index (χ1v) is 7.53. The normalized spacial score (nSPS) is 16.4. The van der Waals surface area contributed by atoms with E-state index in [2.05, 4.69) is 19.9 Å². The number of aromatic nitrogens is 3. The van der Waals surface area contributed by atoms with Crippen molar-refractivity contribution in [2.75, 3.05) is 18.0 Å². The second kappa shape index (κ2) is 5.05. The van der Waals surface area contributed by atoms with Crippen LogP contribution in [0.5, 0.6) is 0 Å². The van der Waals surface area contributed by atoms with Crippen LogP contribution in [0.3, 0.4) is 0 Å². The lowest BCUT2D eigenvalue weighted by Crippen LogP contribution is -2.38. The number of pyridine rings is 1. The highest BCUT2D eigenvalue weighted by Crippen LogP contribution is 2.32. The van der Waals surface area contributed by atoms with Gasteiger partial charge in [-0.2, -0.15) is 0 Å². The molecule has 0 radical (unpaired) electrons. The monoisotopic (exact) mass is 295 g/mol. The van der Waals surface area contributed by atoms with Gasteiger partial charge in [-0.3, -0.25) is 9.78 Å². The van der Waals surface area contributed by atoms with E-state index in [4.69, 9.17) is 0 Å². The maximum Gasteiger partial charge on any atom is 0.256 e. The third-order valence-electron chi connectivity index (χ3n) is 4.22. The summed E-state index contributed by atoms with van der Waals surface area (Å²) in [7, 11) is 0. The number of fused-ring (bicyclic) bond motifs is 1. The van der Waals surface area contributed by atoms with Gasteiger partial charge in [0, 0.05) is 31.0 Å². The third-order valence-corrected chi connectivity index (χ3v) is 4.22. The van der Waals surface area contributed by atoms with Crippen molar-refractivity contribution >= 4 is 11.7 Å². The van der Waals surface area contributed by atoms with Crippen LogP contribution in [0, 0.1) is 6.92 Å². The van der Waals surface area contributed by atoms with Gasteiger partial charge in [0.2, 0.25) is 0 Å². The summed E-state index contributed by atoms with van der Waals surface area (Å²) in [6.45, 7) is 5.12. The number of amides is 1. The summed E-state index contributed by atoms with van der Waals surface area (Å²) in [4.78, 5) is 29.8. The first-order chi connectivity index (χ1) is 10.7. The lowest BCUT2D eigenvalue weighted by atomic mass is 10.1. The van der Waals surface area contributed by atoms with Gasteiger partial charge in [0.25, 0.3) is 5.91 Å².